The molecule has 0 saturated carbocycles. The predicted molar refractivity (Wildman–Crippen MR) is 93.1 cm³/mol. The molecule has 7 nitrogen and oxygen atoms in total. The van der Waals surface area contributed by atoms with Crippen LogP contribution in [-0.4, -0.2) is 35.2 Å². The lowest BCUT2D eigenvalue weighted by Gasteiger charge is -2.23. The standard InChI is InChI=1S/C16H22N4O3.ClH/c1-16(2,10-17)19-13(21)8-9-14-18-15(20-23-14)11-4-6-12(22-3)7-5-11;/h4-7H,8-10,17H2,1-3H3,(H,19,21);1H. The molecule has 0 spiro atoms. The summed E-state index contributed by atoms with van der Waals surface area (Å²) in [6, 6.07) is 7.36. The van der Waals surface area contributed by atoms with E-state index in [4.69, 9.17) is 15.0 Å². The average Bonchev–Trinajstić information content (AvgIpc) is 3.01. The third-order valence-corrected chi connectivity index (χ3v) is 3.37. The number of methoxy groups -OCH3 is 1. The van der Waals surface area contributed by atoms with Crippen LogP contribution in [0.1, 0.15) is 26.2 Å². The van der Waals surface area contributed by atoms with Crippen molar-refractivity contribution in [2.24, 2.45) is 5.73 Å². The zero-order chi connectivity index (χ0) is 16.9. The first-order chi connectivity index (χ1) is 10.9. The normalized spacial score (nSPS) is 10.8. The maximum atomic E-state index is 11.9. The molecule has 0 saturated heterocycles. The highest BCUT2D eigenvalue weighted by atomic mass is 35.5. The minimum atomic E-state index is -0.416. The van der Waals surface area contributed by atoms with Crippen LogP contribution in [0, 0.1) is 0 Å². The number of ether oxygens (including phenoxy) is 1. The number of nitrogens with two attached hydrogens (primary N) is 1. The summed E-state index contributed by atoms with van der Waals surface area (Å²) in [5.41, 5.74) is 6.00. The topological polar surface area (TPSA) is 103 Å². The summed E-state index contributed by atoms with van der Waals surface area (Å²) in [4.78, 5) is 16.2. The van der Waals surface area contributed by atoms with Crippen molar-refractivity contribution >= 4 is 18.3 Å². The van der Waals surface area contributed by atoms with Crippen LogP contribution in [0.25, 0.3) is 11.4 Å². The van der Waals surface area contributed by atoms with Crippen LogP contribution in [-0.2, 0) is 11.2 Å². The Bertz CT molecular complexity index is 656. The molecule has 132 valence electrons. The van der Waals surface area contributed by atoms with E-state index in [-0.39, 0.29) is 24.7 Å². The van der Waals surface area contributed by atoms with Gasteiger partial charge in [0.15, 0.2) is 0 Å². The smallest absolute Gasteiger partial charge is 0.227 e. The van der Waals surface area contributed by atoms with E-state index in [2.05, 4.69) is 15.5 Å². The van der Waals surface area contributed by atoms with Crippen molar-refractivity contribution in [2.75, 3.05) is 13.7 Å². The first-order valence-electron chi connectivity index (χ1n) is 7.41. The predicted octanol–water partition coefficient (Wildman–Crippen LogP) is 1.95. The lowest BCUT2D eigenvalue weighted by atomic mass is 10.1. The highest BCUT2D eigenvalue weighted by Crippen LogP contribution is 2.20. The fourth-order valence-electron chi connectivity index (χ4n) is 1.93. The SMILES string of the molecule is COc1ccc(-c2noc(CCC(=O)NC(C)(C)CN)n2)cc1.Cl. The quantitative estimate of drug-likeness (QED) is 0.787. The van der Waals surface area contributed by atoms with Gasteiger partial charge in [-0.15, -0.1) is 12.4 Å². The van der Waals surface area contributed by atoms with Gasteiger partial charge < -0.3 is 20.3 Å². The second kappa shape index (κ2) is 8.65. The van der Waals surface area contributed by atoms with Crippen LogP contribution in [0.5, 0.6) is 5.75 Å². The fourth-order valence-corrected chi connectivity index (χ4v) is 1.93. The van der Waals surface area contributed by atoms with E-state index in [9.17, 15) is 4.79 Å². The molecule has 1 heterocycles. The molecule has 3 N–H and O–H groups in total. The molecule has 0 unspecified atom stereocenters. The first kappa shape index (κ1) is 19.9. The van der Waals surface area contributed by atoms with Crippen molar-refractivity contribution in [3.05, 3.63) is 30.2 Å². The van der Waals surface area contributed by atoms with Gasteiger partial charge in [0.05, 0.1) is 7.11 Å². The summed E-state index contributed by atoms with van der Waals surface area (Å²) < 4.78 is 10.3. The number of benzene rings is 1. The zero-order valence-corrected chi connectivity index (χ0v) is 14.9. The molecule has 1 amide bonds. The van der Waals surface area contributed by atoms with E-state index in [1.54, 1.807) is 7.11 Å². The van der Waals surface area contributed by atoms with Gasteiger partial charge in [0.25, 0.3) is 0 Å². The number of aryl methyl sites for hydroxylation is 1. The average molecular weight is 355 g/mol. The van der Waals surface area contributed by atoms with Crippen molar-refractivity contribution in [3.63, 3.8) is 0 Å². The largest absolute Gasteiger partial charge is 0.497 e. The molecule has 0 aliphatic carbocycles. The molecule has 1 aromatic heterocycles. The summed E-state index contributed by atoms with van der Waals surface area (Å²) in [5.74, 6) is 1.59. The number of hydrogen-bond donors (Lipinski definition) is 2. The number of halogens is 1. The van der Waals surface area contributed by atoms with E-state index >= 15 is 0 Å². The molecule has 0 aliphatic heterocycles. The van der Waals surface area contributed by atoms with E-state index in [0.29, 0.717) is 24.7 Å². The fraction of sp³-hybridized carbons (Fsp3) is 0.438. The molecular formula is C16H23ClN4O3. The van der Waals surface area contributed by atoms with Crippen molar-refractivity contribution in [2.45, 2.75) is 32.2 Å². The van der Waals surface area contributed by atoms with Crippen molar-refractivity contribution in [3.8, 4) is 17.1 Å². The van der Waals surface area contributed by atoms with Crippen molar-refractivity contribution < 1.29 is 14.1 Å². The number of rotatable bonds is 7. The van der Waals surface area contributed by atoms with Gasteiger partial charge in [-0.1, -0.05) is 5.16 Å². The van der Waals surface area contributed by atoms with Crippen LogP contribution in [0.2, 0.25) is 0 Å². The zero-order valence-electron chi connectivity index (χ0n) is 14.0. The van der Waals surface area contributed by atoms with E-state index < -0.39 is 5.54 Å². The number of carbonyl (C=O) groups excluding carboxylic acids is 1. The van der Waals surface area contributed by atoms with E-state index in [0.717, 1.165) is 11.3 Å². The van der Waals surface area contributed by atoms with Gasteiger partial charge in [-0.2, -0.15) is 4.98 Å². The van der Waals surface area contributed by atoms with Crippen LogP contribution >= 0.6 is 12.4 Å². The molecule has 0 atom stereocenters. The summed E-state index contributed by atoms with van der Waals surface area (Å²) >= 11 is 0. The Hall–Kier alpha value is -2.12. The highest BCUT2D eigenvalue weighted by molar-refractivity contribution is 5.85. The Morgan fingerprint density at radius 3 is 2.58 bits per heavy atom. The third-order valence-electron chi connectivity index (χ3n) is 3.37. The number of hydrogen-bond acceptors (Lipinski definition) is 6. The minimum absolute atomic E-state index is 0. The molecule has 0 radical (unpaired) electrons. The maximum Gasteiger partial charge on any atom is 0.227 e. The van der Waals surface area contributed by atoms with Gasteiger partial charge in [-0.05, 0) is 38.1 Å². The van der Waals surface area contributed by atoms with Gasteiger partial charge in [-0.3, -0.25) is 4.79 Å². The van der Waals surface area contributed by atoms with Crippen molar-refractivity contribution in [1.82, 2.24) is 15.5 Å². The second-order valence-corrected chi connectivity index (χ2v) is 5.88. The number of carbonyl (C=O) groups is 1. The summed E-state index contributed by atoms with van der Waals surface area (Å²) in [5, 5.41) is 6.79. The lowest BCUT2D eigenvalue weighted by Crippen LogP contribution is -2.48. The molecule has 8 heteroatoms. The Balaban J connectivity index is 0.00000288. The monoisotopic (exact) mass is 354 g/mol. The van der Waals surface area contributed by atoms with Crippen LogP contribution in [0.3, 0.4) is 0 Å². The molecule has 2 aromatic rings. The van der Waals surface area contributed by atoms with Gasteiger partial charge in [0.2, 0.25) is 17.6 Å². The summed E-state index contributed by atoms with van der Waals surface area (Å²) in [7, 11) is 1.61. The Morgan fingerprint density at radius 2 is 2.00 bits per heavy atom. The van der Waals surface area contributed by atoms with Crippen LogP contribution in [0.15, 0.2) is 28.8 Å². The number of aromatic nitrogens is 2. The summed E-state index contributed by atoms with van der Waals surface area (Å²) in [6.45, 7) is 4.12. The second-order valence-electron chi connectivity index (χ2n) is 5.88. The number of nitrogens with one attached hydrogen (secondary N) is 1. The van der Waals surface area contributed by atoms with Crippen molar-refractivity contribution in [1.29, 1.82) is 0 Å². The van der Waals surface area contributed by atoms with Gasteiger partial charge in [-0.25, -0.2) is 0 Å². The third kappa shape index (κ3) is 5.50. The molecule has 0 fully saturated rings. The van der Waals surface area contributed by atoms with Gasteiger partial charge in [0.1, 0.15) is 5.75 Å². The van der Waals surface area contributed by atoms with Gasteiger partial charge >= 0.3 is 0 Å². The Kier molecular flexibility index (Phi) is 7.18. The van der Waals surface area contributed by atoms with E-state index in [1.165, 1.54) is 0 Å². The molecule has 24 heavy (non-hydrogen) atoms. The lowest BCUT2D eigenvalue weighted by molar-refractivity contribution is -0.122. The molecule has 2 rings (SSSR count). The minimum Gasteiger partial charge on any atom is -0.497 e. The molecule has 0 bridgehead atoms. The number of amides is 1. The number of nitrogens with zero attached hydrogens (tertiary/aromatic N) is 2. The van der Waals surface area contributed by atoms with Crippen LogP contribution in [0.4, 0.5) is 0 Å². The molecular weight excluding hydrogens is 332 g/mol. The Labute approximate surface area is 147 Å². The maximum absolute atomic E-state index is 11.9. The molecule has 0 aliphatic rings. The van der Waals surface area contributed by atoms with Crippen LogP contribution < -0.4 is 15.8 Å². The molecule has 1 aromatic carbocycles. The first-order valence-corrected chi connectivity index (χ1v) is 7.41. The highest BCUT2D eigenvalue weighted by Gasteiger charge is 2.18. The van der Waals surface area contributed by atoms with E-state index in [1.807, 2.05) is 38.1 Å². The Morgan fingerprint density at radius 1 is 1.33 bits per heavy atom. The summed E-state index contributed by atoms with van der Waals surface area (Å²) in [6.07, 6.45) is 0.656. The van der Waals surface area contributed by atoms with Gasteiger partial charge in [0, 0.05) is 30.5 Å².